The van der Waals surface area contributed by atoms with Gasteiger partial charge in [-0.05, 0) is 29.2 Å². The minimum absolute atomic E-state index is 0.342. The molecular weight excluding hydrogens is 350 g/mol. The fraction of sp³-hybridized carbons (Fsp3) is 0.235. The summed E-state index contributed by atoms with van der Waals surface area (Å²) in [6.45, 7) is 0.375. The van der Waals surface area contributed by atoms with Gasteiger partial charge < -0.3 is 4.74 Å². The minimum atomic E-state index is -3.87. The van der Waals surface area contributed by atoms with Gasteiger partial charge in [0.1, 0.15) is 0 Å². The zero-order chi connectivity index (χ0) is 17.2. The standard InChI is InChI=1S/C17H16ClNO4S/c18-15-8-4-2-6-13(15)11-24(21,22)19-17(20)16-14-7-3-1-5-12(14)9-10-23-16/h1-8,16H,9-11H2,(H,19,20). The molecule has 1 aliphatic heterocycles. The number of ether oxygens (including phenoxy) is 1. The number of fused-ring (bicyclic) bond motifs is 1. The number of carbonyl (C=O) groups is 1. The predicted molar refractivity (Wildman–Crippen MR) is 91.1 cm³/mol. The highest BCUT2D eigenvalue weighted by Gasteiger charge is 2.30. The van der Waals surface area contributed by atoms with Crippen molar-refractivity contribution in [2.75, 3.05) is 6.61 Å². The molecule has 0 fully saturated rings. The fourth-order valence-electron chi connectivity index (χ4n) is 2.67. The summed E-state index contributed by atoms with van der Waals surface area (Å²) in [5.41, 5.74) is 2.13. The highest BCUT2D eigenvalue weighted by molar-refractivity contribution is 7.89. The lowest BCUT2D eigenvalue weighted by Crippen LogP contribution is -2.38. The number of halogens is 1. The summed E-state index contributed by atoms with van der Waals surface area (Å²) in [5.74, 6) is -1.05. The molecule has 24 heavy (non-hydrogen) atoms. The minimum Gasteiger partial charge on any atom is -0.363 e. The molecular formula is C17H16ClNO4S. The molecule has 2 aromatic rings. The first-order chi connectivity index (χ1) is 11.5. The lowest BCUT2D eigenvalue weighted by atomic mass is 9.97. The Morgan fingerprint density at radius 3 is 2.67 bits per heavy atom. The molecule has 0 aromatic heterocycles. The lowest BCUT2D eigenvalue weighted by molar-refractivity contribution is -0.132. The number of hydrogen-bond donors (Lipinski definition) is 1. The smallest absolute Gasteiger partial charge is 0.267 e. The summed E-state index contributed by atoms with van der Waals surface area (Å²) in [5, 5.41) is 0.342. The Morgan fingerprint density at radius 1 is 1.17 bits per heavy atom. The van der Waals surface area contributed by atoms with Crippen molar-refractivity contribution in [1.82, 2.24) is 4.72 Å². The second-order valence-electron chi connectivity index (χ2n) is 5.52. The molecule has 126 valence electrons. The van der Waals surface area contributed by atoms with Crippen molar-refractivity contribution < 1.29 is 17.9 Å². The Hall–Kier alpha value is -1.89. The Kier molecular flexibility index (Phi) is 4.89. The summed E-state index contributed by atoms with van der Waals surface area (Å²) >= 11 is 5.98. The van der Waals surface area contributed by atoms with Crippen molar-refractivity contribution in [3.8, 4) is 0 Å². The van der Waals surface area contributed by atoms with Gasteiger partial charge in [-0.25, -0.2) is 8.42 Å². The van der Waals surface area contributed by atoms with Crippen LogP contribution in [0.5, 0.6) is 0 Å². The molecule has 5 nitrogen and oxygen atoms in total. The van der Waals surface area contributed by atoms with Crippen molar-refractivity contribution in [3.05, 3.63) is 70.2 Å². The van der Waals surface area contributed by atoms with Crippen LogP contribution in [0.1, 0.15) is 22.8 Å². The fourth-order valence-corrected chi connectivity index (χ4v) is 4.10. The Morgan fingerprint density at radius 2 is 1.88 bits per heavy atom. The van der Waals surface area contributed by atoms with Crippen molar-refractivity contribution >= 4 is 27.5 Å². The van der Waals surface area contributed by atoms with Crippen LogP contribution in [0.15, 0.2) is 48.5 Å². The zero-order valence-electron chi connectivity index (χ0n) is 12.7. The molecule has 1 atom stereocenters. The number of carbonyl (C=O) groups excluding carboxylic acids is 1. The third-order valence-corrected chi connectivity index (χ3v) is 5.36. The molecule has 0 saturated carbocycles. The molecule has 3 rings (SSSR count). The molecule has 7 heteroatoms. The van der Waals surface area contributed by atoms with Crippen LogP contribution in [0.3, 0.4) is 0 Å². The highest BCUT2D eigenvalue weighted by atomic mass is 35.5. The number of rotatable bonds is 4. The van der Waals surface area contributed by atoms with Crippen LogP contribution in [0.4, 0.5) is 0 Å². The van der Waals surface area contributed by atoms with Gasteiger partial charge in [-0.2, -0.15) is 0 Å². The molecule has 0 saturated heterocycles. The summed E-state index contributed by atoms with van der Waals surface area (Å²) in [4.78, 5) is 12.4. The second kappa shape index (κ2) is 6.93. The number of benzene rings is 2. The van der Waals surface area contributed by atoms with E-state index in [0.717, 1.165) is 5.56 Å². The van der Waals surface area contributed by atoms with E-state index in [1.807, 2.05) is 12.1 Å². The largest absolute Gasteiger partial charge is 0.363 e. The number of nitrogens with one attached hydrogen (secondary N) is 1. The Labute approximate surface area is 145 Å². The van der Waals surface area contributed by atoms with Crippen molar-refractivity contribution in [3.63, 3.8) is 0 Å². The van der Waals surface area contributed by atoms with E-state index in [2.05, 4.69) is 4.72 Å². The van der Waals surface area contributed by atoms with Crippen LogP contribution < -0.4 is 4.72 Å². The molecule has 0 spiro atoms. The maximum Gasteiger partial charge on any atom is 0.267 e. The van der Waals surface area contributed by atoms with Crippen molar-refractivity contribution in [2.24, 2.45) is 0 Å². The van der Waals surface area contributed by atoms with E-state index in [1.54, 1.807) is 36.4 Å². The van der Waals surface area contributed by atoms with Crippen LogP contribution in [0.2, 0.25) is 5.02 Å². The lowest BCUT2D eigenvalue weighted by Gasteiger charge is -2.25. The van der Waals surface area contributed by atoms with Gasteiger partial charge in [0.25, 0.3) is 5.91 Å². The van der Waals surface area contributed by atoms with Crippen LogP contribution in [-0.2, 0) is 31.7 Å². The first kappa shape index (κ1) is 17.0. The maximum atomic E-state index is 12.4. The molecule has 1 aliphatic rings. The van der Waals surface area contributed by atoms with Crippen LogP contribution >= 0.6 is 11.6 Å². The van der Waals surface area contributed by atoms with Gasteiger partial charge >= 0.3 is 0 Å². The van der Waals surface area contributed by atoms with Gasteiger partial charge in [0.05, 0.1) is 12.4 Å². The topological polar surface area (TPSA) is 72.5 Å². The van der Waals surface area contributed by atoms with Gasteiger partial charge in [-0.3, -0.25) is 9.52 Å². The third kappa shape index (κ3) is 3.77. The first-order valence-corrected chi connectivity index (χ1v) is 9.46. The van der Waals surface area contributed by atoms with E-state index < -0.39 is 22.0 Å². The molecule has 0 aliphatic carbocycles. The summed E-state index contributed by atoms with van der Waals surface area (Å²) in [7, 11) is -3.87. The summed E-state index contributed by atoms with van der Waals surface area (Å²) < 4.78 is 32.1. The van der Waals surface area contributed by atoms with E-state index in [1.165, 1.54) is 0 Å². The monoisotopic (exact) mass is 365 g/mol. The average Bonchev–Trinajstić information content (AvgIpc) is 2.56. The van der Waals surface area contributed by atoms with Crippen LogP contribution in [-0.4, -0.2) is 20.9 Å². The third-order valence-electron chi connectivity index (χ3n) is 3.79. The van der Waals surface area contributed by atoms with E-state index in [9.17, 15) is 13.2 Å². The maximum absolute atomic E-state index is 12.4. The molecule has 1 heterocycles. The first-order valence-electron chi connectivity index (χ1n) is 7.43. The molecule has 2 aromatic carbocycles. The predicted octanol–water partition coefficient (Wildman–Crippen LogP) is 2.60. The van der Waals surface area contributed by atoms with Crippen molar-refractivity contribution in [2.45, 2.75) is 18.3 Å². The number of hydrogen-bond acceptors (Lipinski definition) is 4. The Bertz CT molecular complexity index is 866. The van der Waals surface area contributed by atoms with Gasteiger partial charge in [0.15, 0.2) is 6.10 Å². The second-order valence-corrected chi connectivity index (χ2v) is 7.65. The van der Waals surface area contributed by atoms with E-state index in [4.69, 9.17) is 16.3 Å². The van der Waals surface area contributed by atoms with E-state index in [0.29, 0.717) is 29.2 Å². The summed E-state index contributed by atoms with van der Waals surface area (Å²) in [6, 6.07) is 14.0. The highest BCUT2D eigenvalue weighted by Crippen LogP contribution is 2.27. The molecule has 0 radical (unpaired) electrons. The SMILES string of the molecule is O=C(NS(=O)(=O)Cc1ccccc1Cl)C1OCCc2ccccc21. The summed E-state index contributed by atoms with van der Waals surface area (Å²) in [6.07, 6.45) is -0.220. The van der Waals surface area contributed by atoms with Gasteiger partial charge in [0, 0.05) is 5.02 Å². The quantitative estimate of drug-likeness (QED) is 0.903. The molecule has 1 unspecified atom stereocenters. The van der Waals surface area contributed by atoms with E-state index in [-0.39, 0.29) is 5.75 Å². The normalized spacial score (nSPS) is 17.1. The van der Waals surface area contributed by atoms with Gasteiger partial charge in [-0.15, -0.1) is 0 Å². The number of sulfonamides is 1. The molecule has 1 N–H and O–H groups in total. The number of amides is 1. The Balaban J connectivity index is 1.76. The van der Waals surface area contributed by atoms with Gasteiger partial charge in [-0.1, -0.05) is 54.1 Å². The van der Waals surface area contributed by atoms with Crippen molar-refractivity contribution in [1.29, 1.82) is 0 Å². The average molecular weight is 366 g/mol. The molecule has 0 bridgehead atoms. The molecule has 1 amide bonds. The van der Waals surface area contributed by atoms with Crippen LogP contribution in [0, 0.1) is 0 Å². The van der Waals surface area contributed by atoms with E-state index >= 15 is 0 Å². The zero-order valence-corrected chi connectivity index (χ0v) is 14.3. The van der Waals surface area contributed by atoms with Crippen LogP contribution in [0.25, 0.3) is 0 Å². The van der Waals surface area contributed by atoms with Gasteiger partial charge in [0.2, 0.25) is 10.0 Å².